The van der Waals surface area contributed by atoms with E-state index in [1.54, 1.807) is 17.6 Å². The summed E-state index contributed by atoms with van der Waals surface area (Å²) in [5.41, 5.74) is 0.835. The highest BCUT2D eigenvalue weighted by Crippen LogP contribution is 2.13. The van der Waals surface area contributed by atoms with E-state index in [9.17, 15) is 9.18 Å². The molecule has 0 aliphatic rings. The van der Waals surface area contributed by atoms with Gasteiger partial charge in [0.25, 0.3) is 0 Å². The Bertz CT molecular complexity index is 574. The van der Waals surface area contributed by atoms with Crippen molar-refractivity contribution in [1.29, 1.82) is 0 Å². The van der Waals surface area contributed by atoms with Crippen LogP contribution < -0.4 is 5.32 Å². The van der Waals surface area contributed by atoms with E-state index in [0.29, 0.717) is 11.7 Å². The molecule has 2 aromatic rings. The van der Waals surface area contributed by atoms with E-state index in [4.69, 9.17) is 0 Å². The molecular formula is C14H16FN3OS. The molecule has 1 aromatic heterocycles. The Morgan fingerprint density at radius 3 is 3.00 bits per heavy atom. The van der Waals surface area contributed by atoms with Gasteiger partial charge < -0.3 is 5.32 Å². The number of aromatic nitrogens is 1. The third-order valence-electron chi connectivity index (χ3n) is 3.02. The highest BCUT2D eigenvalue weighted by molar-refractivity contribution is 7.13. The van der Waals surface area contributed by atoms with Crippen LogP contribution in [0.4, 0.5) is 9.52 Å². The van der Waals surface area contributed by atoms with Crippen molar-refractivity contribution < 1.29 is 9.18 Å². The molecule has 20 heavy (non-hydrogen) atoms. The predicted molar refractivity (Wildman–Crippen MR) is 78.1 cm³/mol. The fourth-order valence-electron chi connectivity index (χ4n) is 1.76. The summed E-state index contributed by atoms with van der Waals surface area (Å²) in [6.07, 6.45) is 1.64. The number of thiazole rings is 1. The van der Waals surface area contributed by atoms with Gasteiger partial charge in [0.15, 0.2) is 5.13 Å². The van der Waals surface area contributed by atoms with Gasteiger partial charge >= 0.3 is 0 Å². The Balaban J connectivity index is 1.94. The molecule has 0 bridgehead atoms. The number of rotatable bonds is 5. The number of hydrogen-bond donors (Lipinski definition) is 1. The summed E-state index contributed by atoms with van der Waals surface area (Å²) in [6.45, 7) is 2.31. The molecule has 1 aromatic carbocycles. The zero-order chi connectivity index (χ0) is 14.5. The van der Waals surface area contributed by atoms with Crippen LogP contribution in [-0.4, -0.2) is 28.9 Å². The number of nitrogens with one attached hydrogen (secondary N) is 1. The smallest absolute Gasteiger partial charge is 0.243 e. The maximum absolute atomic E-state index is 13.1. The molecule has 106 valence electrons. The molecule has 4 nitrogen and oxygen atoms in total. The molecule has 1 N–H and O–H groups in total. The number of nitrogens with zero attached hydrogens (tertiary/aromatic N) is 2. The Morgan fingerprint density at radius 1 is 1.55 bits per heavy atom. The van der Waals surface area contributed by atoms with E-state index >= 15 is 0 Å². The van der Waals surface area contributed by atoms with Gasteiger partial charge in [-0.25, -0.2) is 9.37 Å². The number of benzene rings is 1. The minimum Gasteiger partial charge on any atom is -0.301 e. The van der Waals surface area contributed by atoms with Crippen molar-refractivity contribution in [2.24, 2.45) is 0 Å². The second-order valence-electron chi connectivity index (χ2n) is 4.55. The molecule has 0 saturated heterocycles. The van der Waals surface area contributed by atoms with Crippen LogP contribution in [0.1, 0.15) is 12.5 Å². The molecule has 0 fully saturated rings. The Hall–Kier alpha value is -1.79. The number of likely N-dealkylation sites (N-methyl/N-ethyl adjacent to an activating group) is 1. The standard InChI is InChI=1S/C14H16FN3OS/c1-10(13(19)17-14-16-6-7-20-14)18(2)9-11-4-3-5-12(15)8-11/h3-8,10H,9H2,1-2H3,(H,16,17,19). The Labute approximate surface area is 121 Å². The molecule has 1 heterocycles. The zero-order valence-corrected chi connectivity index (χ0v) is 12.2. The highest BCUT2D eigenvalue weighted by Gasteiger charge is 2.19. The fraction of sp³-hybridized carbons (Fsp3) is 0.286. The highest BCUT2D eigenvalue weighted by atomic mass is 32.1. The summed E-state index contributed by atoms with van der Waals surface area (Å²) >= 11 is 1.38. The molecule has 0 spiro atoms. The first kappa shape index (κ1) is 14.6. The monoisotopic (exact) mass is 293 g/mol. The molecule has 0 aliphatic carbocycles. The van der Waals surface area contributed by atoms with E-state index in [1.807, 2.05) is 24.9 Å². The third kappa shape index (κ3) is 3.85. The lowest BCUT2D eigenvalue weighted by Gasteiger charge is -2.23. The van der Waals surface area contributed by atoms with E-state index in [-0.39, 0.29) is 17.8 Å². The van der Waals surface area contributed by atoms with E-state index in [1.165, 1.54) is 23.5 Å². The van der Waals surface area contributed by atoms with Gasteiger partial charge in [0.1, 0.15) is 5.82 Å². The summed E-state index contributed by atoms with van der Waals surface area (Å²) in [4.78, 5) is 17.9. The summed E-state index contributed by atoms with van der Waals surface area (Å²) in [5.74, 6) is -0.394. The summed E-state index contributed by atoms with van der Waals surface area (Å²) in [7, 11) is 1.83. The molecule has 0 saturated carbocycles. The maximum Gasteiger partial charge on any atom is 0.243 e. The lowest BCUT2D eigenvalue weighted by Crippen LogP contribution is -2.39. The first-order valence-electron chi connectivity index (χ1n) is 6.21. The van der Waals surface area contributed by atoms with Crippen molar-refractivity contribution in [2.75, 3.05) is 12.4 Å². The summed E-state index contributed by atoms with van der Waals surface area (Å²) < 4.78 is 13.1. The molecular weight excluding hydrogens is 277 g/mol. The van der Waals surface area contributed by atoms with E-state index < -0.39 is 0 Å². The Kier molecular flexibility index (Phi) is 4.81. The average Bonchev–Trinajstić information content (AvgIpc) is 2.90. The molecule has 1 atom stereocenters. The van der Waals surface area contributed by atoms with Gasteiger partial charge in [-0.2, -0.15) is 0 Å². The zero-order valence-electron chi connectivity index (χ0n) is 11.3. The molecule has 0 radical (unpaired) electrons. The summed E-state index contributed by atoms with van der Waals surface area (Å²) in [6, 6.07) is 6.05. The van der Waals surface area contributed by atoms with Gasteiger partial charge in [0, 0.05) is 18.1 Å². The van der Waals surface area contributed by atoms with Crippen LogP contribution in [0.2, 0.25) is 0 Å². The van der Waals surface area contributed by atoms with E-state index in [0.717, 1.165) is 5.56 Å². The lowest BCUT2D eigenvalue weighted by molar-refractivity contribution is -0.120. The van der Waals surface area contributed by atoms with Crippen molar-refractivity contribution in [2.45, 2.75) is 19.5 Å². The van der Waals surface area contributed by atoms with Gasteiger partial charge in [0.2, 0.25) is 5.91 Å². The van der Waals surface area contributed by atoms with Crippen molar-refractivity contribution in [3.05, 3.63) is 47.2 Å². The molecule has 0 aliphatic heterocycles. The first-order valence-corrected chi connectivity index (χ1v) is 7.09. The van der Waals surface area contributed by atoms with E-state index in [2.05, 4.69) is 10.3 Å². The lowest BCUT2D eigenvalue weighted by atomic mass is 10.2. The number of anilines is 1. The van der Waals surface area contributed by atoms with Crippen LogP contribution in [0.3, 0.4) is 0 Å². The predicted octanol–water partition coefficient (Wildman–Crippen LogP) is 2.74. The second-order valence-corrected chi connectivity index (χ2v) is 5.44. The molecule has 1 unspecified atom stereocenters. The normalized spacial score (nSPS) is 12.4. The van der Waals surface area contributed by atoms with Crippen LogP contribution in [0.15, 0.2) is 35.8 Å². The topological polar surface area (TPSA) is 45.2 Å². The van der Waals surface area contributed by atoms with Crippen molar-refractivity contribution in [3.63, 3.8) is 0 Å². The molecule has 1 amide bonds. The van der Waals surface area contributed by atoms with Crippen LogP contribution in [-0.2, 0) is 11.3 Å². The average molecular weight is 293 g/mol. The van der Waals surface area contributed by atoms with Crippen molar-refractivity contribution in [1.82, 2.24) is 9.88 Å². The Morgan fingerprint density at radius 2 is 2.35 bits per heavy atom. The second kappa shape index (κ2) is 6.58. The number of carbonyl (C=O) groups is 1. The number of amides is 1. The van der Waals surface area contributed by atoms with Gasteiger partial charge in [-0.05, 0) is 31.7 Å². The number of carbonyl (C=O) groups excluding carboxylic acids is 1. The number of halogens is 1. The van der Waals surface area contributed by atoms with Gasteiger partial charge in [-0.3, -0.25) is 9.69 Å². The molecule has 6 heteroatoms. The van der Waals surface area contributed by atoms with Crippen LogP contribution in [0.5, 0.6) is 0 Å². The minimum absolute atomic E-state index is 0.126. The van der Waals surface area contributed by atoms with Gasteiger partial charge in [-0.1, -0.05) is 12.1 Å². The van der Waals surface area contributed by atoms with Crippen LogP contribution >= 0.6 is 11.3 Å². The SMILES string of the molecule is CC(C(=O)Nc1nccs1)N(C)Cc1cccc(F)c1. The summed E-state index contributed by atoms with van der Waals surface area (Å²) in [5, 5.41) is 5.14. The fourth-order valence-corrected chi connectivity index (χ4v) is 2.29. The van der Waals surface area contributed by atoms with Crippen LogP contribution in [0, 0.1) is 5.82 Å². The van der Waals surface area contributed by atoms with Gasteiger partial charge in [0.05, 0.1) is 6.04 Å². The quantitative estimate of drug-likeness (QED) is 0.922. The van der Waals surface area contributed by atoms with Crippen molar-refractivity contribution >= 4 is 22.4 Å². The number of hydrogen-bond acceptors (Lipinski definition) is 4. The molecule has 2 rings (SSSR count). The first-order chi connectivity index (χ1) is 9.56. The minimum atomic E-state index is -0.331. The van der Waals surface area contributed by atoms with Gasteiger partial charge in [-0.15, -0.1) is 11.3 Å². The maximum atomic E-state index is 13.1. The van der Waals surface area contributed by atoms with Crippen LogP contribution in [0.25, 0.3) is 0 Å². The third-order valence-corrected chi connectivity index (χ3v) is 3.71. The largest absolute Gasteiger partial charge is 0.301 e. The van der Waals surface area contributed by atoms with Crippen molar-refractivity contribution in [3.8, 4) is 0 Å².